The molecule has 1 aromatic heterocycles. The first kappa shape index (κ1) is 18.9. The Morgan fingerprint density at radius 3 is 2.38 bits per heavy atom. The third kappa shape index (κ3) is 3.40. The number of rotatable bonds is 5. The van der Waals surface area contributed by atoms with E-state index in [0.29, 0.717) is 11.8 Å². The van der Waals surface area contributed by atoms with E-state index in [0.717, 1.165) is 16.0 Å². The van der Waals surface area contributed by atoms with Crippen LogP contribution in [0.2, 0.25) is 0 Å². The lowest BCUT2D eigenvalue weighted by Crippen LogP contribution is -2.40. The molecule has 7 heteroatoms. The number of carbonyl (C=O) groups excluding carboxylic acids is 2. The van der Waals surface area contributed by atoms with Crippen LogP contribution in [0.3, 0.4) is 0 Å². The zero-order valence-corrected chi connectivity index (χ0v) is 16.5. The fourth-order valence-corrected chi connectivity index (χ4v) is 3.39. The third-order valence-electron chi connectivity index (χ3n) is 5.21. The Kier molecular flexibility index (Phi) is 4.66. The zero-order valence-electron chi connectivity index (χ0n) is 16.5. The van der Waals surface area contributed by atoms with Crippen molar-refractivity contribution in [2.45, 2.75) is 38.8 Å². The van der Waals surface area contributed by atoms with Gasteiger partial charge in [-0.05, 0) is 36.1 Å². The molecule has 1 atom stereocenters. The first-order chi connectivity index (χ1) is 13.9. The third-order valence-corrected chi connectivity index (χ3v) is 5.21. The Morgan fingerprint density at radius 2 is 1.72 bits per heavy atom. The van der Waals surface area contributed by atoms with Crippen molar-refractivity contribution in [2.75, 3.05) is 0 Å². The van der Waals surface area contributed by atoms with E-state index in [2.05, 4.69) is 29.4 Å². The average Bonchev–Trinajstić information content (AvgIpc) is 3.28. The summed E-state index contributed by atoms with van der Waals surface area (Å²) in [7, 11) is 0. The Balaban J connectivity index is 1.55. The average molecular weight is 390 g/mol. The number of nitrogens with one attached hydrogen (secondary N) is 1. The summed E-state index contributed by atoms with van der Waals surface area (Å²) in [6.07, 6.45) is 0. The van der Waals surface area contributed by atoms with E-state index < -0.39 is 11.6 Å². The molecule has 29 heavy (non-hydrogen) atoms. The molecule has 0 spiro atoms. The molecule has 2 heterocycles. The van der Waals surface area contributed by atoms with Gasteiger partial charge in [0.1, 0.15) is 12.1 Å². The first-order valence-corrected chi connectivity index (χ1v) is 9.51. The van der Waals surface area contributed by atoms with Crippen molar-refractivity contribution < 1.29 is 14.0 Å². The van der Waals surface area contributed by atoms with Crippen molar-refractivity contribution in [1.29, 1.82) is 0 Å². The lowest BCUT2D eigenvalue weighted by atomic mass is 9.90. The summed E-state index contributed by atoms with van der Waals surface area (Å²) in [6.45, 7) is 5.84. The number of hydrogen-bond donors (Lipinski definition) is 1. The highest BCUT2D eigenvalue weighted by Gasteiger charge is 2.49. The monoisotopic (exact) mass is 390 g/mol. The van der Waals surface area contributed by atoms with Crippen LogP contribution in [0.25, 0.3) is 11.5 Å². The fourth-order valence-electron chi connectivity index (χ4n) is 3.39. The normalized spacial score (nSPS) is 19.1. The first-order valence-electron chi connectivity index (χ1n) is 9.51. The molecular weight excluding hydrogens is 368 g/mol. The van der Waals surface area contributed by atoms with Crippen molar-refractivity contribution in [3.63, 3.8) is 0 Å². The Bertz CT molecular complexity index is 1040. The second kappa shape index (κ2) is 7.16. The highest BCUT2D eigenvalue weighted by atomic mass is 16.4. The van der Waals surface area contributed by atoms with Crippen LogP contribution < -0.4 is 5.32 Å². The van der Waals surface area contributed by atoms with Gasteiger partial charge in [-0.1, -0.05) is 56.3 Å². The zero-order chi connectivity index (χ0) is 20.6. The second-order valence-electron chi connectivity index (χ2n) is 7.59. The van der Waals surface area contributed by atoms with E-state index in [1.54, 1.807) is 6.92 Å². The molecule has 0 saturated carbocycles. The van der Waals surface area contributed by atoms with Crippen molar-refractivity contribution in [3.8, 4) is 11.5 Å². The molecule has 1 aliphatic rings. The van der Waals surface area contributed by atoms with Gasteiger partial charge in [0.25, 0.3) is 5.91 Å². The minimum Gasteiger partial charge on any atom is -0.419 e. The molecular formula is C22H22N4O3. The number of benzene rings is 2. The molecule has 3 amide bonds. The van der Waals surface area contributed by atoms with Gasteiger partial charge in [0.15, 0.2) is 0 Å². The predicted octanol–water partition coefficient (Wildman–Crippen LogP) is 3.83. The SMILES string of the molecule is CC(C)c1ccc([C@@]2(C)NC(=O)N(Cc3nnc(-c4ccccc4)o3)C2=O)cc1. The number of amides is 3. The summed E-state index contributed by atoms with van der Waals surface area (Å²) in [4.78, 5) is 26.7. The Labute approximate surface area is 168 Å². The molecule has 3 aromatic rings. The molecule has 2 aromatic carbocycles. The van der Waals surface area contributed by atoms with E-state index in [9.17, 15) is 9.59 Å². The minimum atomic E-state index is -1.13. The number of aromatic nitrogens is 2. The number of hydrogen-bond acceptors (Lipinski definition) is 5. The smallest absolute Gasteiger partial charge is 0.325 e. The fraction of sp³-hybridized carbons (Fsp3) is 0.273. The molecule has 148 valence electrons. The lowest BCUT2D eigenvalue weighted by molar-refractivity contribution is -0.131. The topological polar surface area (TPSA) is 88.3 Å². The summed E-state index contributed by atoms with van der Waals surface area (Å²) in [6, 6.07) is 16.6. The van der Waals surface area contributed by atoms with Crippen LogP contribution in [0, 0.1) is 0 Å². The molecule has 4 rings (SSSR count). The maximum atomic E-state index is 13.1. The highest BCUT2D eigenvalue weighted by molar-refractivity contribution is 6.07. The number of urea groups is 1. The second-order valence-corrected chi connectivity index (χ2v) is 7.59. The van der Waals surface area contributed by atoms with Crippen LogP contribution >= 0.6 is 0 Å². The van der Waals surface area contributed by atoms with Gasteiger partial charge < -0.3 is 9.73 Å². The van der Waals surface area contributed by atoms with Crippen LogP contribution in [0.5, 0.6) is 0 Å². The van der Waals surface area contributed by atoms with Crippen LogP contribution in [-0.2, 0) is 16.9 Å². The van der Waals surface area contributed by atoms with Gasteiger partial charge in [-0.15, -0.1) is 10.2 Å². The van der Waals surface area contributed by atoms with Crippen LogP contribution in [0.1, 0.15) is 43.7 Å². The molecule has 0 unspecified atom stereocenters. The van der Waals surface area contributed by atoms with E-state index >= 15 is 0 Å². The standard InChI is InChI=1S/C22H22N4O3/c1-14(2)15-9-11-17(12-10-15)22(3)20(27)26(21(28)23-22)13-18-24-25-19(29-18)16-7-5-4-6-8-16/h4-12,14H,13H2,1-3H3,(H,23,28)/t22-/m1/s1. The van der Waals surface area contributed by atoms with Crippen LogP contribution in [0.4, 0.5) is 4.79 Å². The van der Waals surface area contributed by atoms with E-state index in [1.807, 2.05) is 54.6 Å². The van der Waals surface area contributed by atoms with Gasteiger partial charge in [-0.2, -0.15) is 0 Å². The van der Waals surface area contributed by atoms with Crippen molar-refractivity contribution in [3.05, 3.63) is 71.6 Å². The highest BCUT2D eigenvalue weighted by Crippen LogP contribution is 2.31. The minimum absolute atomic E-state index is 0.0792. The van der Waals surface area contributed by atoms with E-state index in [1.165, 1.54) is 5.56 Å². The van der Waals surface area contributed by atoms with E-state index in [4.69, 9.17) is 4.42 Å². The maximum Gasteiger partial charge on any atom is 0.325 e. The van der Waals surface area contributed by atoms with E-state index in [-0.39, 0.29) is 18.3 Å². The summed E-state index contributed by atoms with van der Waals surface area (Å²) in [5.41, 5.74) is 1.55. The predicted molar refractivity (Wildman–Crippen MR) is 107 cm³/mol. The molecule has 1 fully saturated rings. The van der Waals surface area contributed by atoms with Gasteiger partial charge in [0.05, 0.1) is 0 Å². The van der Waals surface area contributed by atoms with Crippen LogP contribution in [0.15, 0.2) is 59.0 Å². The summed E-state index contributed by atoms with van der Waals surface area (Å²) in [5, 5.41) is 10.8. The van der Waals surface area contributed by atoms with Gasteiger partial charge in [0.2, 0.25) is 11.8 Å². The summed E-state index contributed by atoms with van der Waals surface area (Å²) >= 11 is 0. The number of imide groups is 1. The van der Waals surface area contributed by atoms with Crippen molar-refractivity contribution in [1.82, 2.24) is 20.4 Å². The van der Waals surface area contributed by atoms with Gasteiger partial charge in [-0.25, -0.2) is 4.79 Å². The van der Waals surface area contributed by atoms with Gasteiger partial charge in [0, 0.05) is 5.56 Å². The molecule has 0 radical (unpaired) electrons. The quantitative estimate of drug-likeness (QED) is 0.669. The molecule has 1 aliphatic heterocycles. The largest absolute Gasteiger partial charge is 0.419 e. The maximum absolute atomic E-state index is 13.1. The summed E-state index contributed by atoms with van der Waals surface area (Å²) in [5.74, 6) is 0.587. The molecule has 0 bridgehead atoms. The molecule has 0 aliphatic carbocycles. The Hall–Kier alpha value is -3.48. The Morgan fingerprint density at radius 1 is 1.03 bits per heavy atom. The lowest BCUT2D eigenvalue weighted by Gasteiger charge is -2.22. The molecule has 1 saturated heterocycles. The van der Waals surface area contributed by atoms with Crippen molar-refractivity contribution in [2.24, 2.45) is 0 Å². The molecule has 1 N–H and O–H groups in total. The van der Waals surface area contributed by atoms with Crippen molar-refractivity contribution >= 4 is 11.9 Å². The number of carbonyl (C=O) groups is 2. The van der Waals surface area contributed by atoms with Gasteiger partial charge >= 0.3 is 6.03 Å². The summed E-state index contributed by atoms with van der Waals surface area (Å²) < 4.78 is 5.65. The number of nitrogens with zero attached hydrogens (tertiary/aromatic N) is 3. The van der Waals surface area contributed by atoms with Gasteiger partial charge in [-0.3, -0.25) is 9.69 Å². The van der Waals surface area contributed by atoms with Crippen LogP contribution in [-0.4, -0.2) is 27.0 Å². The molecule has 7 nitrogen and oxygen atoms in total.